The summed E-state index contributed by atoms with van der Waals surface area (Å²) in [5.41, 5.74) is 3.83. The second-order valence-corrected chi connectivity index (χ2v) is 8.82. The van der Waals surface area contributed by atoms with E-state index in [1.807, 2.05) is 32.0 Å². The molecule has 3 aromatic rings. The van der Waals surface area contributed by atoms with Crippen molar-refractivity contribution in [3.8, 4) is 5.75 Å². The summed E-state index contributed by atoms with van der Waals surface area (Å²) in [5, 5.41) is 2.69. The highest BCUT2D eigenvalue weighted by Crippen LogP contribution is 2.21. The lowest BCUT2D eigenvalue weighted by Gasteiger charge is -2.11. The summed E-state index contributed by atoms with van der Waals surface area (Å²) in [6.45, 7) is 7.26. The first-order chi connectivity index (χ1) is 14.6. The molecule has 0 spiro atoms. The molecule has 9 heteroatoms. The van der Waals surface area contributed by atoms with Gasteiger partial charge in [0.2, 0.25) is 5.95 Å². The van der Waals surface area contributed by atoms with E-state index in [0.717, 1.165) is 11.1 Å². The van der Waals surface area contributed by atoms with Crippen LogP contribution in [0, 0.1) is 27.7 Å². The van der Waals surface area contributed by atoms with E-state index in [4.69, 9.17) is 4.74 Å². The number of carbonyl (C=O) groups is 1. The van der Waals surface area contributed by atoms with Crippen LogP contribution in [0.25, 0.3) is 0 Å². The Morgan fingerprint density at radius 1 is 0.968 bits per heavy atom. The van der Waals surface area contributed by atoms with Crippen LogP contribution in [0.5, 0.6) is 5.75 Å². The van der Waals surface area contributed by atoms with Crippen LogP contribution in [-0.4, -0.2) is 30.9 Å². The van der Waals surface area contributed by atoms with Crippen molar-refractivity contribution in [3.63, 3.8) is 0 Å². The molecule has 1 amide bonds. The Morgan fingerprint density at radius 3 is 2.26 bits per heavy atom. The minimum absolute atomic E-state index is 0.0125. The van der Waals surface area contributed by atoms with Crippen LogP contribution < -0.4 is 14.8 Å². The molecule has 31 heavy (non-hydrogen) atoms. The first-order valence-corrected chi connectivity index (χ1v) is 11.1. The summed E-state index contributed by atoms with van der Waals surface area (Å²) in [6, 6.07) is 13.2. The fourth-order valence-corrected chi connectivity index (χ4v) is 3.83. The maximum atomic E-state index is 12.6. The zero-order valence-corrected chi connectivity index (χ0v) is 18.6. The summed E-state index contributed by atoms with van der Waals surface area (Å²) in [6.07, 6.45) is 0. The van der Waals surface area contributed by atoms with Crippen molar-refractivity contribution in [1.29, 1.82) is 0 Å². The van der Waals surface area contributed by atoms with Gasteiger partial charge in [0.25, 0.3) is 15.9 Å². The quantitative estimate of drug-likeness (QED) is 0.582. The largest absolute Gasteiger partial charge is 0.483 e. The van der Waals surface area contributed by atoms with Gasteiger partial charge in [-0.2, -0.15) is 0 Å². The van der Waals surface area contributed by atoms with Crippen molar-refractivity contribution in [2.24, 2.45) is 0 Å². The van der Waals surface area contributed by atoms with Gasteiger partial charge in [-0.25, -0.2) is 23.1 Å². The van der Waals surface area contributed by atoms with Crippen LogP contribution in [0.1, 0.15) is 22.5 Å². The van der Waals surface area contributed by atoms with Crippen molar-refractivity contribution in [2.45, 2.75) is 32.6 Å². The Hall–Kier alpha value is -3.46. The van der Waals surface area contributed by atoms with E-state index in [9.17, 15) is 13.2 Å². The van der Waals surface area contributed by atoms with Gasteiger partial charge in [0.05, 0.1) is 4.90 Å². The molecule has 0 radical (unpaired) electrons. The Morgan fingerprint density at radius 2 is 1.61 bits per heavy atom. The molecular formula is C22H24N4O4S. The fourth-order valence-electron chi connectivity index (χ4n) is 2.89. The van der Waals surface area contributed by atoms with E-state index in [1.165, 1.54) is 24.3 Å². The highest BCUT2D eigenvalue weighted by molar-refractivity contribution is 7.92. The first kappa shape index (κ1) is 22.2. The number of amides is 1. The summed E-state index contributed by atoms with van der Waals surface area (Å²) < 4.78 is 33.1. The van der Waals surface area contributed by atoms with Crippen molar-refractivity contribution >= 4 is 27.6 Å². The number of hydrogen-bond acceptors (Lipinski definition) is 6. The minimum Gasteiger partial charge on any atom is -0.483 e. The summed E-state index contributed by atoms with van der Waals surface area (Å²) in [5.74, 6) is 0.313. The normalized spacial score (nSPS) is 11.1. The number of carbonyl (C=O) groups excluding carboxylic acids is 1. The molecule has 0 aliphatic rings. The van der Waals surface area contributed by atoms with Crippen LogP contribution in [-0.2, 0) is 14.8 Å². The van der Waals surface area contributed by atoms with Gasteiger partial charge in [0, 0.05) is 17.1 Å². The minimum atomic E-state index is -3.86. The third-order valence-electron chi connectivity index (χ3n) is 4.57. The van der Waals surface area contributed by atoms with E-state index in [2.05, 4.69) is 20.0 Å². The van der Waals surface area contributed by atoms with E-state index in [1.54, 1.807) is 19.9 Å². The lowest BCUT2D eigenvalue weighted by molar-refractivity contribution is -0.118. The Balaban J connectivity index is 1.62. The fraction of sp³-hybridized carbons (Fsp3) is 0.227. The maximum Gasteiger partial charge on any atom is 0.264 e. The molecule has 0 saturated carbocycles. The number of hydrogen-bond donors (Lipinski definition) is 2. The lowest BCUT2D eigenvalue weighted by Crippen LogP contribution is -2.20. The third kappa shape index (κ3) is 5.79. The van der Waals surface area contributed by atoms with Crippen molar-refractivity contribution in [2.75, 3.05) is 16.6 Å². The zero-order valence-electron chi connectivity index (χ0n) is 17.8. The number of nitrogens with zero attached hydrogens (tertiary/aromatic N) is 2. The van der Waals surface area contributed by atoms with E-state index in [-0.39, 0.29) is 23.4 Å². The van der Waals surface area contributed by atoms with Crippen LogP contribution in [0.4, 0.5) is 11.6 Å². The second-order valence-electron chi connectivity index (χ2n) is 7.14. The number of benzene rings is 2. The first-order valence-electron chi connectivity index (χ1n) is 9.58. The molecule has 162 valence electrons. The third-order valence-corrected chi connectivity index (χ3v) is 5.91. The highest BCUT2D eigenvalue weighted by Gasteiger charge is 2.16. The standard InChI is InChI=1S/C22H24N4O4S/c1-14-6-5-7-20(17(14)4)30-13-21(27)25-18-8-10-19(11-9-18)31(28,29)26-22-23-15(2)12-16(3)24-22/h5-12H,13H2,1-4H3,(H,25,27)(H,23,24,26). The molecule has 8 nitrogen and oxygen atoms in total. The van der Waals surface area contributed by atoms with Crippen molar-refractivity contribution < 1.29 is 17.9 Å². The van der Waals surface area contributed by atoms with Gasteiger partial charge in [-0.3, -0.25) is 4.79 Å². The Labute approximate surface area is 181 Å². The Bertz CT molecular complexity index is 1190. The molecule has 0 aliphatic carbocycles. The number of aromatic nitrogens is 2. The Kier molecular flexibility index (Phi) is 6.55. The molecule has 2 aromatic carbocycles. The molecular weight excluding hydrogens is 416 g/mol. The molecule has 1 aromatic heterocycles. The molecule has 1 heterocycles. The van der Waals surface area contributed by atoms with Crippen molar-refractivity contribution in [3.05, 3.63) is 71.0 Å². The lowest BCUT2D eigenvalue weighted by atomic mass is 10.1. The number of rotatable bonds is 7. The topological polar surface area (TPSA) is 110 Å². The summed E-state index contributed by atoms with van der Waals surface area (Å²) >= 11 is 0. The monoisotopic (exact) mass is 440 g/mol. The van der Waals surface area contributed by atoms with Crippen LogP contribution in [0.2, 0.25) is 0 Å². The number of nitrogens with one attached hydrogen (secondary N) is 2. The van der Waals surface area contributed by atoms with Crippen LogP contribution in [0.15, 0.2) is 53.4 Å². The van der Waals surface area contributed by atoms with Gasteiger partial charge in [-0.15, -0.1) is 0 Å². The number of aryl methyl sites for hydroxylation is 3. The van der Waals surface area contributed by atoms with Gasteiger partial charge in [-0.05, 0) is 75.2 Å². The van der Waals surface area contributed by atoms with Gasteiger partial charge >= 0.3 is 0 Å². The smallest absolute Gasteiger partial charge is 0.264 e. The average molecular weight is 441 g/mol. The maximum absolute atomic E-state index is 12.6. The molecule has 0 atom stereocenters. The SMILES string of the molecule is Cc1cc(C)nc(NS(=O)(=O)c2ccc(NC(=O)COc3cccc(C)c3C)cc2)n1. The molecule has 0 saturated heterocycles. The van der Waals surface area contributed by atoms with Crippen LogP contribution >= 0.6 is 0 Å². The molecule has 2 N–H and O–H groups in total. The van der Waals surface area contributed by atoms with Gasteiger partial charge in [-0.1, -0.05) is 12.1 Å². The highest BCUT2D eigenvalue weighted by atomic mass is 32.2. The summed E-state index contributed by atoms with van der Waals surface area (Å²) in [4.78, 5) is 20.4. The predicted molar refractivity (Wildman–Crippen MR) is 119 cm³/mol. The van der Waals surface area contributed by atoms with E-state index in [0.29, 0.717) is 22.8 Å². The van der Waals surface area contributed by atoms with Crippen LogP contribution in [0.3, 0.4) is 0 Å². The van der Waals surface area contributed by atoms with Crippen molar-refractivity contribution in [1.82, 2.24) is 9.97 Å². The van der Waals surface area contributed by atoms with Gasteiger partial charge in [0.1, 0.15) is 5.75 Å². The molecule has 0 unspecified atom stereocenters. The van der Waals surface area contributed by atoms with E-state index >= 15 is 0 Å². The molecule has 0 aliphatic heterocycles. The number of ether oxygens (including phenoxy) is 1. The molecule has 0 bridgehead atoms. The average Bonchev–Trinajstić information content (AvgIpc) is 2.68. The number of sulfonamides is 1. The number of anilines is 2. The molecule has 0 fully saturated rings. The predicted octanol–water partition coefficient (Wildman–Crippen LogP) is 3.53. The summed E-state index contributed by atoms with van der Waals surface area (Å²) in [7, 11) is -3.86. The molecule has 3 rings (SSSR count). The second kappa shape index (κ2) is 9.13. The zero-order chi connectivity index (χ0) is 22.6. The van der Waals surface area contributed by atoms with Gasteiger partial charge < -0.3 is 10.1 Å². The van der Waals surface area contributed by atoms with Gasteiger partial charge in [0.15, 0.2) is 6.61 Å². The van der Waals surface area contributed by atoms with E-state index < -0.39 is 10.0 Å².